The molecule has 198 valence electrons. The van der Waals surface area contributed by atoms with Gasteiger partial charge in [-0.1, -0.05) is 55.5 Å². The molecule has 0 fully saturated rings. The lowest BCUT2D eigenvalue weighted by Gasteiger charge is -2.37. The zero-order valence-corrected chi connectivity index (χ0v) is 22.0. The summed E-state index contributed by atoms with van der Waals surface area (Å²) in [5.41, 5.74) is 2.97. The van der Waals surface area contributed by atoms with E-state index in [-0.39, 0.29) is 42.7 Å². The number of amides is 2. The number of aromatic nitrogens is 2. The first-order chi connectivity index (χ1) is 18.4. The molecule has 1 N–H and O–H groups in total. The number of nitrogens with zero attached hydrogens (tertiary/aromatic N) is 4. The molecule has 2 aromatic heterocycles. The molecular weight excluding hydrogens is 480 g/mol. The van der Waals surface area contributed by atoms with Crippen molar-refractivity contribution >= 4 is 24.0 Å². The average Bonchev–Trinajstić information content (AvgIpc) is 2.94. The van der Waals surface area contributed by atoms with Crippen LogP contribution in [0.15, 0.2) is 67.1 Å². The highest BCUT2D eigenvalue weighted by Crippen LogP contribution is 2.28. The van der Waals surface area contributed by atoms with Crippen LogP contribution in [0.5, 0.6) is 5.88 Å². The van der Waals surface area contributed by atoms with Gasteiger partial charge in [-0.15, -0.1) is 0 Å². The zero-order chi connectivity index (χ0) is 27.1. The Labute approximate surface area is 223 Å². The quantitative estimate of drug-likeness (QED) is 0.494. The Morgan fingerprint density at radius 2 is 1.95 bits per heavy atom. The predicted octanol–water partition coefficient (Wildman–Crippen LogP) is 3.57. The summed E-state index contributed by atoms with van der Waals surface area (Å²) in [6.07, 6.45) is 8.73. The number of hydrogen-bond acceptors (Lipinski definition) is 6. The van der Waals surface area contributed by atoms with Crippen molar-refractivity contribution in [1.29, 1.82) is 0 Å². The van der Waals surface area contributed by atoms with Crippen LogP contribution in [0.2, 0.25) is 0 Å². The molecule has 0 saturated heterocycles. The Morgan fingerprint density at radius 1 is 1.18 bits per heavy atom. The van der Waals surface area contributed by atoms with Crippen LogP contribution in [0.25, 0.3) is 12.2 Å². The normalized spacial score (nSPS) is 18.3. The van der Waals surface area contributed by atoms with Gasteiger partial charge in [0.15, 0.2) is 0 Å². The summed E-state index contributed by atoms with van der Waals surface area (Å²) in [6, 6.07) is 14.9. The molecule has 1 aliphatic rings. The molecule has 3 heterocycles. The van der Waals surface area contributed by atoms with Crippen LogP contribution >= 0.6 is 0 Å². The van der Waals surface area contributed by atoms with Gasteiger partial charge >= 0.3 is 0 Å². The molecule has 1 aromatic carbocycles. The molecule has 3 aromatic rings. The molecule has 3 atom stereocenters. The first-order valence-electron chi connectivity index (χ1n) is 12.8. The number of pyridine rings is 2. The summed E-state index contributed by atoms with van der Waals surface area (Å²) in [5.74, 6) is -0.182. The van der Waals surface area contributed by atoms with Crippen LogP contribution in [0, 0.1) is 5.92 Å². The van der Waals surface area contributed by atoms with Gasteiger partial charge in [0.1, 0.15) is 11.7 Å². The molecule has 0 radical (unpaired) electrons. The van der Waals surface area contributed by atoms with Crippen molar-refractivity contribution in [2.75, 3.05) is 26.7 Å². The minimum atomic E-state index is -0.406. The van der Waals surface area contributed by atoms with Crippen molar-refractivity contribution in [2.24, 2.45) is 5.92 Å². The Hall–Kier alpha value is -4.04. The fraction of sp³-hybridized carbons (Fsp3) is 0.333. The molecular formula is C30H34N4O4. The lowest BCUT2D eigenvalue weighted by molar-refractivity contribution is -0.130. The van der Waals surface area contributed by atoms with Crippen molar-refractivity contribution in [3.05, 3.63) is 89.4 Å². The van der Waals surface area contributed by atoms with Gasteiger partial charge in [-0.25, -0.2) is 4.98 Å². The Balaban J connectivity index is 1.59. The number of ether oxygens (including phenoxy) is 1. The van der Waals surface area contributed by atoms with Gasteiger partial charge in [-0.05, 0) is 35.7 Å². The second-order valence-corrected chi connectivity index (χ2v) is 9.80. The number of aliphatic hydroxyl groups excluding tert-OH is 1. The van der Waals surface area contributed by atoms with Crippen LogP contribution in [0.4, 0.5) is 0 Å². The lowest BCUT2D eigenvalue weighted by atomic mass is 9.99. The van der Waals surface area contributed by atoms with E-state index >= 15 is 0 Å². The first-order valence-corrected chi connectivity index (χ1v) is 12.8. The topological polar surface area (TPSA) is 95.9 Å². The number of hydrogen-bond donors (Lipinski definition) is 1. The maximum absolute atomic E-state index is 13.6. The van der Waals surface area contributed by atoms with E-state index in [2.05, 4.69) is 9.97 Å². The second-order valence-electron chi connectivity index (χ2n) is 9.80. The van der Waals surface area contributed by atoms with Gasteiger partial charge in [-0.3, -0.25) is 14.6 Å². The van der Waals surface area contributed by atoms with E-state index in [1.165, 1.54) is 0 Å². The molecule has 0 unspecified atom stereocenters. The van der Waals surface area contributed by atoms with E-state index in [4.69, 9.17) is 4.74 Å². The third kappa shape index (κ3) is 6.63. The smallest absolute Gasteiger partial charge is 0.259 e. The maximum Gasteiger partial charge on any atom is 0.259 e. The minimum Gasteiger partial charge on any atom is -0.472 e. The average molecular weight is 515 g/mol. The first kappa shape index (κ1) is 27.0. The van der Waals surface area contributed by atoms with Crippen molar-refractivity contribution in [3.63, 3.8) is 0 Å². The molecule has 8 heteroatoms. The maximum atomic E-state index is 13.6. The molecule has 38 heavy (non-hydrogen) atoms. The number of carbonyl (C=O) groups is 2. The largest absolute Gasteiger partial charge is 0.472 e. The Bertz CT molecular complexity index is 1270. The molecule has 0 bridgehead atoms. The second kappa shape index (κ2) is 12.5. The Morgan fingerprint density at radius 3 is 2.66 bits per heavy atom. The van der Waals surface area contributed by atoms with Gasteiger partial charge < -0.3 is 19.6 Å². The van der Waals surface area contributed by atoms with Crippen LogP contribution in [0.1, 0.15) is 40.9 Å². The third-order valence-electron chi connectivity index (χ3n) is 6.77. The highest BCUT2D eigenvalue weighted by atomic mass is 16.5. The van der Waals surface area contributed by atoms with Crippen molar-refractivity contribution < 1.29 is 19.4 Å². The highest BCUT2D eigenvalue weighted by molar-refractivity contribution is 5.97. The van der Waals surface area contributed by atoms with E-state index in [9.17, 15) is 14.7 Å². The monoisotopic (exact) mass is 514 g/mol. The van der Waals surface area contributed by atoms with Crippen LogP contribution < -0.4 is 4.74 Å². The fourth-order valence-corrected chi connectivity index (χ4v) is 4.37. The zero-order valence-electron chi connectivity index (χ0n) is 22.0. The van der Waals surface area contributed by atoms with Crippen LogP contribution in [-0.4, -0.2) is 75.6 Å². The van der Waals surface area contributed by atoms with E-state index in [1.54, 1.807) is 41.5 Å². The van der Waals surface area contributed by atoms with Crippen LogP contribution in [0.3, 0.4) is 0 Å². The number of rotatable bonds is 8. The summed E-state index contributed by atoms with van der Waals surface area (Å²) in [4.78, 5) is 38.4. The Kier molecular flexibility index (Phi) is 8.86. The van der Waals surface area contributed by atoms with E-state index in [0.29, 0.717) is 18.7 Å². The number of carbonyl (C=O) groups excluding carboxylic acids is 2. The van der Waals surface area contributed by atoms with Gasteiger partial charge in [0.25, 0.3) is 5.91 Å². The molecule has 0 aliphatic carbocycles. The molecule has 2 amide bonds. The summed E-state index contributed by atoms with van der Waals surface area (Å²) < 4.78 is 6.32. The molecule has 1 aliphatic heterocycles. The molecule has 8 nitrogen and oxygen atoms in total. The van der Waals surface area contributed by atoms with Crippen LogP contribution in [-0.2, 0) is 11.2 Å². The number of benzene rings is 1. The van der Waals surface area contributed by atoms with Crippen molar-refractivity contribution in [3.8, 4) is 5.88 Å². The number of aliphatic hydroxyl groups is 1. The van der Waals surface area contributed by atoms with Gasteiger partial charge in [-0.2, -0.15) is 0 Å². The predicted molar refractivity (Wildman–Crippen MR) is 146 cm³/mol. The number of likely N-dealkylation sites (N-methyl/N-ethyl adjacent to an activating group) is 1. The van der Waals surface area contributed by atoms with E-state index < -0.39 is 6.10 Å². The summed E-state index contributed by atoms with van der Waals surface area (Å²) >= 11 is 0. The highest BCUT2D eigenvalue weighted by Gasteiger charge is 2.34. The van der Waals surface area contributed by atoms with E-state index in [0.717, 1.165) is 16.7 Å². The fourth-order valence-electron chi connectivity index (χ4n) is 4.37. The molecule has 4 rings (SSSR count). The standard InChI is InChI=1S/C30H34N4O4/c1-21-18-34(22(2)20-35)30(37)26-14-25(12-11-23-8-5-4-6-9-23)17-32-29(26)38-27(21)19-33(3)28(36)15-24-10-7-13-31-16-24/h4-14,16-17,21-22,27,35H,15,18-20H2,1-3H3/t21-,22-,27+/m1/s1. The summed E-state index contributed by atoms with van der Waals surface area (Å²) in [6.45, 7) is 4.34. The van der Waals surface area contributed by atoms with Gasteiger partial charge in [0.2, 0.25) is 11.8 Å². The van der Waals surface area contributed by atoms with E-state index in [1.807, 2.05) is 68.5 Å². The lowest BCUT2D eigenvalue weighted by Crippen LogP contribution is -2.50. The third-order valence-corrected chi connectivity index (χ3v) is 6.77. The summed E-state index contributed by atoms with van der Waals surface area (Å²) in [7, 11) is 1.75. The number of fused-ring (bicyclic) bond motifs is 1. The SMILES string of the molecule is C[C@@H]1CN([C@H](C)CO)C(=O)c2cc(C=Cc3ccccc3)cnc2O[C@H]1CN(C)C(=O)Cc1cccnc1. The minimum absolute atomic E-state index is 0.0536. The van der Waals surface area contributed by atoms with Crippen molar-refractivity contribution in [2.45, 2.75) is 32.4 Å². The van der Waals surface area contributed by atoms with Gasteiger partial charge in [0, 0.05) is 38.1 Å². The van der Waals surface area contributed by atoms with Gasteiger partial charge in [0.05, 0.1) is 25.6 Å². The van der Waals surface area contributed by atoms with Crippen molar-refractivity contribution in [1.82, 2.24) is 19.8 Å². The molecule has 0 spiro atoms. The summed E-state index contributed by atoms with van der Waals surface area (Å²) in [5, 5.41) is 9.88. The molecule has 0 saturated carbocycles.